The number of imidazole rings is 1. The Balaban J connectivity index is 1.44. The molecule has 132 valence electrons. The Morgan fingerprint density at radius 2 is 2.12 bits per heavy atom. The van der Waals surface area contributed by atoms with Crippen LogP contribution < -0.4 is 5.32 Å². The molecule has 1 aliphatic carbocycles. The normalized spacial score (nSPS) is 22.6. The van der Waals surface area contributed by atoms with Crippen molar-refractivity contribution in [3.05, 3.63) is 36.3 Å². The van der Waals surface area contributed by atoms with E-state index in [0.29, 0.717) is 17.1 Å². The molecule has 1 unspecified atom stereocenters. The van der Waals surface area contributed by atoms with E-state index in [9.17, 15) is 4.79 Å². The fourth-order valence-electron chi connectivity index (χ4n) is 4.07. The number of carbonyl (C=O) groups excluding carboxylic acids is 1. The van der Waals surface area contributed by atoms with Crippen LogP contribution in [0.5, 0.6) is 0 Å². The summed E-state index contributed by atoms with van der Waals surface area (Å²) in [6, 6.07) is 3.71. The maximum absolute atomic E-state index is 12.7. The van der Waals surface area contributed by atoms with E-state index < -0.39 is 0 Å². The zero-order valence-electron chi connectivity index (χ0n) is 14.3. The summed E-state index contributed by atoms with van der Waals surface area (Å²) < 4.78 is 6.12. The van der Waals surface area contributed by atoms with Gasteiger partial charge >= 0.3 is 0 Å². The zero-order valence-corrected chi connectivity index (χ0v) is 14.3. The van der Waals surface area contributed by atoms with Gasteiger partial charge in [0.2, 0.25) is 0 Å². The molecule has 1 spiro atoms. The van der Waals surface area contributed by atoms with Crippen LogP contribution in [0.25, 0.3) is 11.5 Å². The lowest BCUT2D eigenvalue weighted by Gasteiger charge is -2.43. The third-order valence-electron chi connectivity index (χ3n) is 5.36. The van der Waals surface area contributed by atoms with Crippen molar-refractivity contribution in [3.8, 4) is 11.5 Å². The summed E-state index contributed by atoms with van der Waals surface area (Å²) in [5, 5.41) is 3.20. The summed E-state index contributed by atoms with van der Waals surface area (Å²) >= 11 is 0. The summed E-state index contributed by atoms with van der Waals surface area (Å²) in [6.07, 6.45) is 12.9. The monoisotopic (exact) mass is 340 g/mol. The Morgan fingerprint density at radius 3 is 2.92 bits per heavy atom. The Labute approximate surface area is 147 Å². The van der Waals surface area contributed by atoms with Crippen LogP contribution in [0.15, 0.2) is 30.7 Å². The first-order valence-electron chi connectivity index (χ1n) is 9.15. The molecule has 25 heavy (non-hydrogen) atoms. The van der Waals surface area contributed by atoms with Crippen LogP contribution >= 0.6 is 0 Å². The molecule has 0 radical (unpaired) electrons. The van der Waals surface area contributed by atoms with Gasteiger partial charge in [0, 0.05) is 36.8 Å². The molecule has 1 amide bonds. The maximum atomic E-state index is 12.7. The van der Waals surface area contributed by atoms with Crippen LogP contribution in [0, 0.1) is 0 Å². The molecule has 6 nitrogen and oxygen atoms in total. The summed E-state index contributed by atoms with van der Waals surface area (Å²) in [6.45, 7) is 0.735. The molecular formula is C19H24N4O2. The first-order chi connectivity index (χ1) is 12.2. The van der Waals surface area contributed by atoms with Crippen molar-refractivity contribution in [3.63, 3.8) is 0 Å². The van der Waals surface area contributed by atoms with Gasteiger partial charge in [0.05, 0.1) is 5.60 Å². The molecule has 2 aliphatic rings. The molecule has 2 fully saturated rings. The standard InChI is InChI=1S/C19H24N4O2/c24-18(14-4-8-20-16(12-14)17-21-9-10-22-17)23-15-5-11-25-19(13-15)6-2-1-3-7-19/h4,8-10,12,15H,1-3,5-7,11,13H2,(H,21,22)(H,23,24). The van der Waals surface area contributed by atoms with Crippen molar-refractivity contribution < 1.29 is 9.53 Å². The van der Waals surface area contributed by atoms with Gasteiger partial charge in [-0.25, -0.2) is 4.98 Å². The number of hydrogen-bond acceptors (Lipinski definition) is 4. The summed E-state index contributed by atoms with van der Waals surface area (Å²) in [4.78, 5) is 24.2. The zero-order chi connectivity index (χ0) is 17.1. The predicted molar refractivity (Wildman–Crippen MR) is 94.1 cm³/mol. The molecule has 4 rings (SSSR count). The Kier molecular flexibility index (Phi) is 4.53. The first kappa shape index (κ1) is 16.3. The molecular weight excluding hydrogens is 316 g/mol. The molecule has 1 atom stereocenters. The molecule has 2 aromatic rings. The van der Waals surface area contributed by atoms with E-state index in [0.717, 1.165) is 32.3 Å². The van der Waals surface area contributed by atoms with Crippen LogP contribution in [0.1, 0.15) is 55.3 Å². The molecule has 0 aromatic carbocycles. The Morgan fingerprint density at radius 1 is 1.24 bits per heavy atom. The highest BCUT2D eigenvalue weighted by Gasteiger charge is 2.38. The highest BCUT2D eigenvalue weighted by atomic mass is 16.5. The second kappa shape index (κ2) is 6.96. The van der Waals surface area contributed by atoms with Crippen LogP contribution in [-0.2, 0) is 4.74 Å². The van der Waals surface area contributed by atoms with Gasteiger partial charge in [0.15, 0.2) is 5.82 Å². The highest BCUT2D eigenvalue weighted by Crippen LogP contribution is 2.38. The molecule has 1 saturated heterocycles. The number of nitrogens with one attached hydrogen (secondary N) is 2. The number of aromatic amines is 1. The number of aromatic nitrogens is 3. The van der Waals surface area contributed by atoms with Crippen molar-refractivity contribution in [2.75, 3.05) is 6.61 Å². The number of hydrogen-bond donors (Lipinski definition) is 2. The quantitative estimate of drug-likeness (QED) is 0.900. The van der Waals surface area contributed by atoms with Gasteiger partial charge in [-0.2, -0.15) is 0 Å². The molecule has 1 aliphatic heterocycles. The van der Waals surface area contributed by atoms with E-state index in [1.165, 1.54) is 19.3 Å². The molecule has 3 heterocycles. The van der Waals surface area contributed by atoms with Crippen molar-refractivity contribution in [2.45, 2.75) is 56.6 Å². The fraction of sp³-hybridized carbons (Fsp3) is 0.526. The number of ether oxygens (including phenoxy) is 1. The van der Waals surface area contributed by atoms with Gasteiger partial charge in [-0.3, -0.25) is 9.78 Å². The number of amides is 1. The lowest BCUT2D eigenvalue weighted by molar-refractivity contribution is -0.107. The number of pyridine rings is 1. The number of H-pyrrole nitrogens is 1. The molecule has 2 N–H and O–H groups in total. The van der Waals surface area contributed by atoms with Gasteiger partial charge in [0.1, 0.15) is 5.69 Å². The van der Waals surface area contributed by atoms with Gasteiger partial charge < -0.3 is 15.0 Å². The van der Waals surface area contributed by atoms with Gasteiger partial charge in [-0.15, -0.1) is 0 Å². The first-order valence-corrected chi connectivity index (χ1v) is 9.15. The number of nitrogens with zero attached hydrogens (tertiary/aromatic N) is 2. The van der Waals surface area contributed by atoms with Crippen LogP contribution in [-0.4, -0.2) is 39.1 Å². The van der Waals surface area contributed by atoms with Crippen molar-refractivity contribution >= 4 is 5.91 Å². The van der Waals surface area contributed by atoms with E-state index in [4.69, 9.17) is 4.74 Å². The SMILES string of the molecule is O=C(NC1CCOC2(CCCCC2)C1)c1ccnc(-c2ncc[nH]2)c1. The topological polar surface area (TPSA) is 79.9 Å². The third kappa shape index (κ3) is 3.58. The van der Waals surface area contributed by atoms with Crippen molar-refractivity contribution in [2.24, 2.45) is 0 Å². The fourth-order valence-corrected chi connectivity index (χ4v) is 4.07. The Hall–Kier alpha value is -2.21. The van der Waals surface area contributed by atoms with Gasteiger partial charge in [-0.1, -0.05) is 19.3 Å². The summed E-state index contributed by atoms with van der Waals surface area (Å²) in [5.74, 6) is 0.620. The van der Waals surface area contributed by atoms with Crippen molar-refractivity contribution in [1.29, 1.82) is 0 Å². The van der Waals surface area contributed by atoms with E-state index in [2.05, 4.69) is 20.3 Å². The molecule has 0 bridgehead atoms. The number of carbonyl (C=O) groups is 1. The third-order valence-corrected chi connectivity index (χ3v) is 5.36. The second-order valence-corrected chi connectivity index (χ2v) is 7.12. The number of rotatable bonds is 3. The average Bonchev–Trinajstić information content (AvgIpc) is 3.17. The van der Waals surface area contributed by atoms with Crippen LogP contribution in [0.3, 0.4) is 0 Å². The van der Waals surface area contributed by atoms with Crippen LogP contribution in [0.4, 0.5) is 0 Å². The largest absolute Gasteiger partial charge is 0.375 e. The summed E-state index contributed by atoms with van der Waals surface area (Å²) in [5.41, 5.74) is 1.28. The molecule has 6 heteroatoms. The maximum Gasteiger partial charge on any atom is 0.251 e. The van der Waals surface area contributed by atoms with E-state index in [1.54, 1.807) is 30.7 Å². The lowest BCUT2D eigenvalue weighted by atomic mass is 9.78. The minimum Gasteiger partial charge on any atom is -0.375 e. The van der Waals surface area contributed by atoms with Crippen LogP contribution in [0.2, 0.25) is 0 Å². The average molecular weight is 340 g/mol. The lowest BCUT2D eigenvalue weighted by Crippen LogP contribution is -2.49. The predicted octanol–water partition coefficient (Wildman–Crippen LogP) is 3.08. The highest BCUT2D eigenvalue weighted by molar-refractivity contribution is 5.95. The van der Waals surface area contributed by atoms with Gasteiger partial charge in [0.25, 0.3) is 5.91 Å². The van der Waals surface area contributed by atoms with E-state index in [1.807, 2.05) is 0 Å². The summed E-state index contributed by atoms with van der Waals surface area (Å²) in [7, 11) is 0. The molecule has 1 saturated carbocycles. The molecule has 2 aromatic heterocycles. The van der Waals surface area contributed by atoms with E-state index in [-0.39, 0.29) is 17.6 Å². The second-order valence-electron chi connectivity index (χ2n) is 7.12. The minimum atomic E-state index is -0.0481. The van der Waals surface area contributed by atoms with E-state index >= 15 is 0 Å². The minimum absolute atomic E-state index is 0.00792. The Bertz CT molecular complexity index is 717. The van der Waals surface area contributed by atoms with Gasteiger partial charge in [-0.05, 0) is 37.8 Å². The smallest absolute Gasteiger partial charge is 0.251 e. The van der Waals surface area contributed by atoms with Crippen molar-refractivity contribution in [1.82, 2.24) is 20.3 Å².